The molecule has 20 heavy (non-hydrogen) atoms. The van der Waals surface area contributed by atoms with Crippen LogP contribution in [0.15, 0.2) is 24.3 Å². The van der Waals surface area contributed by atoms with Crippen LogP contribution >= 0.6 is 0 Å². The van der Waals surface area contributed by atoms with Crippen LogP contribution in [0.3, 0.4) is 0 Å². The Bertz CT molecular complexity index is 549. The topological polar surface area (TPSA) is 59.1 Å². The fraction of sp³-hybridized carbons (Fsp3) is 0.438. The number of ketones is 1. The van der Waals surface area contributed by atoms with Gasteiger partial charge in [-0.05, 0) is 44.7 Å². The molecule has 1 N–H and O–H groups in total. The van der Waals surface area contributed by atoms with Gasteiger partial charge in [-0.15, -0.1) is 0 Å². The Balaban J connectivity index is 1.87. The van der Waals surface area contributed by atoms with Gasteiger partial charge in [0.2, 0.25) is 5.91 Å². The molecule has 0 aromatic carbocycles. The van der Waals surface area contributed by atoms with Crippen molar-refractivity contribution in [2.45, 2.75) is 39.7 Å². The van der Waals surface area contributed by atoms with Gasteiger partial charge in [0, 0.05) is 17.7 Å². The first-order valence-corrected chi connectivity index (χ1v) is 6.97. The van der Waals surface area contributed by atoms with Crippen molar-refractivity contribution in [2.75, 3.05) is 0 Å². The normalized spacial score (nSPS) is 17.2. The van der Waals surface area contributed by atoms with Gasteiger partial charge >= 0.3 is 0 Å². The number of Topliss-reactive ketones (excluding diaryl/α,β-unsaturated/α-hetero) is 1. The molecule has 4 heteroatoms. The Kier molecular flexibility index (Phi) is 4.66. The van der Waals surface area contributed by atoms with Crippen LogP contribution < -0.4 is 5.32 Å². The average molecular weight is 272 g/mol. The van der Waals surface area contributed by atoms with Crippen LogP contribution in [0.1, 0.15) is 47.9 Å². The van der Waals surface area contributed by atoms with Crippen LogP contribution in [-0.2, 0) is 11.3 Å². The molecule has 0 aliphatic heterocycles. The van der Waals surface area contributed by atoms with Crippen molar-refractivity contribution in [3.8, 4) is 0 Å². The maximum atomic E-state index is 11.8. The predicted molar refractivity (Wildman–Crippen MR) is 77.3 cm³/mol. The lowest BCUT2D eigenvalue weighted by Gasteiger charge is -2.09. The summed E-state index contributed by atoms with van der Waals surface area (Å²) in [4.78, 5) is 27.5. The van der Waals surface area contributed by atoms with E-state index in [0.717, 1.165) is 18.5 Å². The molecule has 0 bridgehead atoms. The highest BCUT2D eigenvalue weighted by Crippen LogP contribution is 2.20. The van der Waals surface area contributed by atoms with E-state index in [9.17, 15) is 9.59 Å². The fourth-order valence-electron chi connectivity index (χ4n) is 2.45. The standard InChI is InChI=1S/C16H20N2O2/c1-11-15(12(2)19)8-7-14(18-11)10-17-16(20)9-13-5-3-4-6-13/h3,5,7-8,13H,4,6,9-10H2,1-2H3,(H,17,20). The number of nitrogens with zero attached hydrogens (tertiary/aromatic N) is 1. The molecule has 1 atom stereocenters. The van der Waals surface area contributed by atoms with Crippen LogP contribution in [0.25, 0.3) is 0 Å². The SMILES string of the molecule is CC(=O)c1ccc(CNC(=O)CC2C=CCC2)nc1C. The number of nitrogens with one attached hydrogen (secondary N) is 1. The van der Waals surface area contributed by atoms with Gasteiger partial charge in [-0.25, -0.2) is 0 Å². The molecule has 0 saturated carbocycles. The van der Waals surface area contributed by atoms with E-state index in [2.05, 4.69) is 22.5 Å². The van der Waals surface area contributed by atoms with Crippen molar-refractivity contribution in [3.63, 3.8) is 0 Å². The van der Waals surface area contributed by atoms with E-state index in [1.807, 2.05) is 6.92 Å². The van der Waals surface area contributed by atoms with Gasteiger partial charge in [0.25, 0.3) is 0 Å². The van der Waals surface area contributed by atoms with Gasteiger partial charge in [0.1, 0.15) is 0 Å². The molecule has 0 radical (unpaired) electrons. The van der Waals surface area contributed by atoms with Crippen molar-refractivity contribution >= 4 is 11.7 Å². The van der Waals surface area contributed by atoms with Crippen molar-refractivity contribution in [1.29, 1.82) is 0 Å². The molecule has 2 rings (SSSR count). The number of aromatic nitrogens is 1. The first-order valence-electron chi connectivity index (χ1n) is 6.97. The summed E-state index contributed by atoms with van der Waals surface area (Å²) in [6, 6.07) is 3.56. The predicted octanol–water partition coefficient (Wildman–Crippen LogP) is 2.57. The minimum Gasteiger partial charge on any atom is -0.350 e. The molecular weight excluding hydrogens is 252 g/mol. The Morgan fingerprint density at radius 1 is 1.40 bits per heavy atom. The summed E-state index contributed by atoms with van der Waals surface area (Å²) in [5.74, 6) is 0.444. The van der Waals surface area contributed by atoms with E-state index in [1.165, 1.54) is 6.92 Å². The number of aryl methyl sites for hydroxylation is 1. The second-order valence-electron chi connectivity index (χ2n) is 5.24. The van der Waals surface area contributed by atoms with Crippen molar-refractivity contribution in [2.24, 2.45) is 5.92 Å². The number of rotatable bonds is 5. The highest BCUT2D eigenvalue weighted by atomic mass is 16.1. The van der Waals surface area contributed by atoms with Gasteiger partial charge < -0.3 is 5.32 Å². The zero-order chi connectivity index (χ0) is 14.5. The molecule has 1 aromatic heterocycles. The molecule has 0 saturated heterocycles. The first-order chi connectivity index (χ1) is 9.56. The van der Waals surface area contributed by atoms with E-state index in [4.69, 9.17) is 0 Å². The Morgan fingerprint density at radius 3 is 2.80 bits per heavy atom. The van der Waals surface area contributed by atoms with Crippen molar-refractivity contribution in [3.05, 3.63) is 41.2 Å². The molecule has 1 aromatic rings. The Hall–Kier alpha value is -1.97. The molecule has 1 unspecified atom stereocenters. The van der Waals surface area contributed by atoms with Crippen LogP contribution in [-0.4, -0.2) is 16.7 Å². The number of hydrogen-bond acceptors (Lipinski definition) is 3. The molecule has 1 amide bonds. The summed E-state index contributed by atoms with van der Waals surface area (Å²) >= 11 is 0. The maximum absolute atomic E-state index is 11.8. The molecule has 0 spiro atoms. The summed E-state index contributed by atoms with van der Waals surface area (Å²) in [5, 5.41) is 2.88. The number of carbonyl (C=O) groups is 2. The fourth-order valence-corrected chi connectivity index (χ4v) is 2.45. The molecule has 106 valence electrons. The van der Waals surface area contributed by atoms with E-state index in [1.54, 1.807) is 12.1 Å². The summed E-state index contributed by atoms with van der Waals surface area (Å²) < 4.78 is 0. The lowest BCUT2D eigenvalue weighted by Crippen LogP contribution is -2.25. The number of carbonyl (C=O) groups excluding carboxylic acids is 2. The highest BCUT2D eigenvalue weighted by Gasteiger charge is 2.14. The molecule has 1 aliphatic carbocycles. The zero-order valence-electron chi connectivity index (χ0n) is 12.0. The second-order valence-corrected chi connectivity index (χ2v) is 5.24. The van der Waals surface area contributed by atoms with Gasteiger partial charge in [0.05, 0.1) is 12.2 Å². The molecule has 0 fully saturated rings. The van der Waals surface area contributed by atoms with Crippen LogP contribution in [0.2, 0.25) is 0 Å². The largest absolute Gasteiger partial charge is 0.350 e. The van der Waals surface area contributed by atoms with Gasteiger partial charge in [-0.1, -0.05) is 12.2 Å². The monoisotopic (exact) mass is 272 g/mol. The number of pyridine rings is 1. The smallest absolute Gasteiger partial charge is 0.220 e. The molecule has 4 nitrogen and oxygen atoms in total. The zero-order valence-corrected chi connectivity index (χ0v) is 12.0. The number of allylic oxidation sites excluding steroid dienone is 2. The van der Waals surface area contributed by atoms with Crippen LogP contribution in [0.4, 0.5) is 0 Å². The van der Waals surface area contributed by atoms with E-state index in [-0.39, 0.29) is 11.7 Å². The van der Waals surface area contributed by atoms with Crippen molar-refractivity contribution < 1.29 is 9.59 Å². The van der Waals surface area contributed by atoms with Gasteiger partial charge in [-0.3, -0.25) is 14.6 Å². The average Bonchev–Trinajstić information content (AvgIpc) is 2.89. The molecule has 1 aliphatic rings. The molecule has 1 heterocycles. The minimum absolute atomic E-state index is 0.0126. The summed E-state index contributed by atoms with van der Waals surface area (Å²) in [6.07, 6.45) is 6.93. The van der Waals surface area contributed by atoms with E-state index in [0.29, 0.717) is 30.1 Å². The summed E-state index contributed by atoms with van der Waals surface area (Å²) in [6.45, 7) is 3.75. The lowest BCUT2D eigenvalue weighted by molar-refractivity contribution is -0.121. The van der Waals surface area contributed by atoms with E-state index < -0.39 is 0 Å². The Morgan fingerprint density at radius 2 is 2.20 bits per heavy atom. The third kappa shape index (κ3) is 3.76. The van der Waals surface area contributed by atoms with E-state index >= 15 is 0 Å². The lowest BCUT2D eigenvalue weighted by atomic mass is 10.1. The maximum Gasteiger partial charge on any atom is 0.220 e. The third-order valence-corrected chi connectivity index (χ3v) is 3.55. The minimum atomic E-state index is 0.0126. The second kappa shape index (κ2) is 6.46. The third-order valence-electron chi connectivity index (χ3n) is 3.55. The van der Waals surface area contributed by atoms with Gasteiger partial charge in [-0.2, -0.15) is 0 Å². The molecular formula is C16H20N2O2. The first kappa shape index (κ1) is 14.4. The van der Waals surface area contributed by atoms with Crippen LogP contribution in [0, 0.1) is 12.8 Å². The number of hydrogen-bond donors (Lipinski definition) is 1. The van der Waals surface area contributed by atoms with Gasteiger partial charge in [0.15, 0.2) is 5.78 Å². The highest BCUT2D eigenvalue weighted by molar-refractivity contribution is 5.95. The quantitative estimate of drug-likeness (QED) is 0.662. The van der Waals surface area contributed by atoms with Crippen molar-refractivity contribution in [1.82, 2.24) is 10.3 Å². The van der Waals surface area contributed by atoms with Crippen LogP contribution in [0.5, 0.6) is 0 Å². The summed E-state index contributed by atoms with van der Waals surface area (Å²) in [5.41, 5.74) is 2.13. The Labute approximate surface area is 119 Å². The summed E-state index contributed by atoms with van der Waals surface area (Å²) in [7, 11) is 0. The number of amides is 1.